The van der Waals surface area contributed by atoms with Crippen molar-refractivity contribution in [1.29, 1.82) is 0 Å². The Balaban J connectivity index is 1.07. The van der Waals surface area contributed by atoms with Gasteiger partial charge in [-0.3, -0.25) is 19.7 Å². The fourth-order valence-corrected chi connectivity index (χ4v) is 5.51. The molecule has 1 N–H and O–H groups in total. The van der Waals surface area contributed by atoms with Gasteiger partial charge in [-0.1, -0.05) is 30.4 Å². The second-order valence-corrected chi connectivity index (χ2v) is 10.3. The third kappa shape index (κ3) is 5.03. The van der Waals surface area contributed by atoms with E-state index >= 15 is 0 Å². The molecule has 1 saturated heterocycles. The average molecular weight is 523 g/mol. The number of imidazole rings is 1. The molecule has 0 bridgehead atoms. The van der Waals surface area contributed by atoms with E-state index in [-0.39, 0.29) is 18.2 Å². The molecule has 8 nitrogen and oxygen atoms in total. The molecule has 2 aliphatic carbocycles. The van der Waals surface area contributed by atoms with Crippen molar-refractivity contribution >= 4 is 23.3 Å². The van der Waals surface area contributed by atoms with Crippen LogP contribution in [0.3, 0.4) is 0 Å². The summed E-state index contributed by atoms with van der Waals surface area (Å²) in [5.74, 6) is 1.09. The summed E-state index contributed by atoms with van der Waals surface area (Å²) in [6, 6.07) is 4.79. The highest BCUT2D eigenvalue weighted by Gasteiger charge is 2.40. The van der Waals surface area contributed by atoms with Crippen LogP contribution in [0.2, 0.25) is 0 Å². The standard InChI is InChI=1S/C31H30N4O4/c1-20-32-26(23-6-3-2-4-7-23)18-34(20)16-21-10-12-22(13-11-21)19-39-28-9-5-8-24-25(28)17-35(31(24)38)27-14-15-29(36)33-30(27)37/h3-6,8-10,12-13,18,21,27H,2,11,14-17,19H2,1H3,(H,33,36,37). The van der Waals surface area contributed by atoms with E-state index in [0.717, 1.165) is 47.6 Å². The lowest BCUT2D eigenvalue weighted by Crippen LogP contribution is -2.52. The number of carbonyl (C=O) groups excluding carboxylic acids is 3. The number of ether oxygens (including phenoxy) is 1. The van der Waals surface area contributed by atoms with E-state index in [1.54, 1.807) is 17.0 Å². The highest BCUT2D eigenvalue weighted by Crippen LogP contribution is 2.34. The maximum Gasteiger partial charge on any atom is 0.255 e. The summed E-state index contributed by atoms with van der Waals surface area (Å²) in [5.41, 5.74) is 7.69. The van der Waals surface area contributed by atoms with Gasteiger partial charge in [0.2, 0.25) is 11.8 Å². The summed E-state index contributed by atoms with van der Waals surface area (Å²) in [7, 11) is 0. The number of rotatable bonds is 7. The van der Waals surface area contributed by atoms with Gasteiger partial charge in [0.25, 0.3) is 5.91 Å². The van der Waals surface area contributed by atoms with E-state index < -0.39 is 11.9 Å². The minimum Gasteiger partial charge on any atom is -0.489 e. The summed E-state index contributed by atoms with van der Waals surface area (Å²) in [6.07, 6.45) is 17.3. The number of amides is 3. The summed E-state index contributed by atoms with van der Waals surface area (Å²) in [6.45, 7) is 3.58. The van der Waals surface area contributed by atoms with Crippen LogP contribution >= 0.6 is 0 Å². The highest BCUT2D eigenvalue weighted by molar-refractivity contribution is 6.05. The zero-order valence-electron chi connectivity index (χ0n) is 21.9. The molecule has 6 rings (SSSR count). The van der Waals surface area contributed by atoms with E-state index in [9.17, 15) is 14.4 Å². The number of nitrogens with one attached hydrogen (secondary N) is 1. The molecular formula is C31H30N4O4. The molecule has 2 unspecified atom stereocenters. The first-order valence-corrected chi connectivity index (χ1v) is 13.4. The van der Waals surface area contributed by atoms with Crippen LogP contribution in [0.15, 0.2) is 72.2 Å². The van der Waals surface area contributed by atoms with Crippen LogP contribution in [0.4, 0.5) is 0 Å². The first kappa shape index (κ1) is 24.9. The summed E-state index contributed by atoms with van der Waals surface area (Å²) in [5, 5.41) is 2.34. The Labute approximate surface area is 227 Å². The van der Waals surface area contributed by atoms with Crippen LogP contribution in [-0.2, 0) is 22.7 Å². The highest BCUT2D eigenvalue weighted by atomic mass is 16.5. The summed E-state index contributed by atoms with van der Waals surface area (Å²) >= 11 is 0. The third-order valence-corrected chi connectivity index (χ3v) is 7.68. The van der Waals surface area contributed by atoms with Crippen molar-refractivity contribution in [1.82, 2.24) is 19.8 Å². The third-order valence-electron chi connectivity index (χ3n) is 7.68. The molecule has 2 aromatic rings. The fourth-order valence-electron chi connectivity index (χ4n) is 5.51. The molecule has 3 heterocycles. The number of aryl methyl sites for hydroxylation is 1. The number of carbonyl (C=O) groups is 3. The molecule has 198 valence electrons. The van der Waals surface area contributed by atoms with Crippen molar-refractivity contribution in [2.75, 3.05) is 6.61 Å². The minimum atomic E-state index is -0.640. The Kier molecular flexibility index (Phi) is 6.63. The van der Waals surface area contributed by atoms with Gasteiger partial charge in [0.1, 0.15) is 24.2 Å². The first-order valence-electron chi connectivity index (χ1n) is 13.4. The number of imide groups is 1. The Morgan fingerprint density at radius 1 is 1.21 bits per heavy atom. The van der Waals surface area contributed by atoms with Gasteiger partial charge in [0.05, 0.1) is 12.2 Å². The largest absolute Gasteiger partial charge is 0.489 e. The number of piperidine rings is 1. The predicted octanol–water partition coefficient (Wildman–Crippen LogP) is 4.03. The number of aromatic nitrogens is 2. The maximum atomic E-state index is 13.0. The van der Waals surface area contributed by atoms with Gasteiger partial charge in [-0.2, -0.15) is 0 Å². The molecule has 2 atom stereocenters. The van der Waals surface area contributed by atoms with Crippen molar-refractivity contribution in [3.8, 4) is 5.75 Å². The van der Waals surface area contributed by atoms with Crippen molar-refractivity contribution in [3.63, 3.8) is 0 Å². The van der Waals surface area contributed by atoms with Crippen LogP contribution in [-0.4, -0.2) is 44.8 Å². The monoisotopic (exact) mass is 522 g/mol. The zero-order chi connectivity index (χ0) is 26.9. The molecule has 0 radical (unpaired) electrons. The molecule has 1 aromatic carbocycles. The Hall–Kier alpha value is -4.42. The van der Waals surface area contributed by atoms with Gasteiger partial charge < -0.3 is 14.2 Å². The number of hydrogen-bond acceptors (Lipinski definition) is 5. The first-order chi connectivity index (χ1) is 19.0. The Morgan fingerprint density at radius 2 is 2.10 bits per heavy atom. The average Bonchev–Trinajstić information content (AvgIpc) is 3.48. The van der Waals surface area contributed by atoms with E-state index in [1.165, 1.54) is 0 Å². The lowest BCUT2D eigenvalue weighted by atomic mass is 9.97. The van der Waals surface area contributed by atoms with Gasteiger partial charge >= 0.3 is 0 Å². The molecule has 1 aromatic heterocycles. The number of allylic oxidation sites excluding steroid dienone is 5. The van der Waals surface area contributed by atoms with E-state index in [1.807, 2.05) is 19.1 Å². The molecule has 3 amide bonds. The predicted molar refractivity (Wildman–Crippen MR) is 146 cm³/mol. The molecular weight excluding hydrogens is 492 g/mol. The maximum absolute atomic E-state index is 13.0. The van der Waals surface area contributed by atoms with Crippen molar-refractivity contribution in [2.24, 2.45) is 5.92 Å². The van der Waals surface area contributed by atoms with Crippen LogP contribution in [0.5, 0.6) is 5.75 Å². The van der Waals surface area contributed by atoms with Gasteiger partial charge in [-0.15, -0.1) is 5.73 Å². The van der Waals surface area contributed by atoms with E-state index in [2.05, 4.69) is 52.2 Å². The molecule has 1 fully saturated rings. The van der Waals surface area contributed by atoms with E-state index in [4.69, 9.17) is 9.72 Å². The molecule has 39 heavy (non-hydrogen) atoms. The molecule has 4 aliphatic rings. The molecule has 2 aliphatic heterocycles. The summed E-state index contributed by atoms with van der Waals surface area (Å²) in [4.78, 5) is 43.2. The topological polar surface area (TPSA) is 93.5 Å². The fraction of sp³-hybridized carbons (Fsp3) is 0.323. The zero-order valence-corrected chi connectivity index (χ0v) is 21.9. The number of fused-ring (bicyclic) bond motifs is 1. The minimum absolute atomic E-state index is 0.200. The SMILES string of the molecule is Cc1nc(C2=C=CCC=C2)cn1CC1C=CC(COc2cccc3c2CN(C2CCC(=O)NC2=O)C3=O)=CC1. The Bertz CT molecular complexity index is 1520. The second-order valence-electron chi connectivity index (χ2n) is 10.3. The van der Waals surface area contributed by atoms with Crippen LogP contribution in [0.1, 0.15) is 53.1 Å². The quantitative estimate of drug-likeness (QED) is 0.438. The molecule has 0 saturated carbocycles. The number of hydrogen-bond donors (Lipinski definition) is 1. The number of nitrogens with zero attached hydrogens (tertiary/aromatic N) is 3. The van der Waals surface area contributed by atoms with Crippen molar-refractivity contribution < 1.29 is 19.1 Å². The van der Waals surface area contributed by atoms with Crippen LogP contribution < -0.4 is 10.1 Å². The van der Waals surface area contributed by atoms with Gasteiger partial charge in [0.15, 0.2) is 0 Å². The van der Waals surface area contributed by atoms with Crippen LogP contribution in [0.25, 0.3) is 5.57 Å². The van der Waals surface area contributed by atoms with Crippen molar-refractivity contribution in [3.05, 3.63) is 94.8 Å². The molecule has 0 spiro atoms. The smallest absolute Gasteiger partial charge is 0.255 e. The van der Waals surface area contributed by atoms with Crippen LogP contribution in [0, 0.1) is 12.8 Å². The van der Waals surface area contributed by atoms with Gasteiger partial charge in [-0.25, -0.2) is 4.98 Å². The lowest BCUT2D eigenvalue weighted by molar-refractivity contribution is -0.136. The normalized spacial score (nSPS) is 22.1. The lowest BCUT2D eigenvalue weighted by Gasteiger charge is -2.29. The summed E-state index contributed by atoms with van der Waals surface area (Å²) < 4.78 is 8.38. The van der Waals surface area contributed by atoms with Gasteiger partial charge in [-0.05, 0) is 62.0 Å². The Morgan fingerprint density at radius 3 is 2.87 bits per heavy atom. The van der Waals surface area contributed by atoms with Crippen molar-refractivity contribution in [2.45, 2.75) is 51.7 Å². The second kappa shape index (κ2) is 10.4. The molecule has 8 heteroatoms. The number of benzene rings is 1. The van der Waals surface area contributed by atoms with E-state index in [0.29, 0.717) is 36.8 Å². The van der Waals surface area contributed by atoms with Gasteiger partial charge in [0, 0.05) is 35.9 Å².